The van der Waals surface area contributed by atoms with E-state index in [1.54, 1.807) is 88.0 Å². The van der Waals surface area contributed by atoms with Crippen LogP contribution < -0.4 is 21.7 Å². The molecule has 0 aromatic heterocycles. The van der Waals surface area contributed by atoms with Crippen LogP contribution in [-0.4, -0.2) is 165 Å². The first-order chi connectivity index (χ1) is 46.6. The summed E-state index contributed by atoms with van der Waals surface area (Å²) in [4.78, 5) is 131. The molecule has 0 aliphatic carbocycles. The van der Waals surface area contributed by atoms with Gasteiger partial charge in [-0.05, 0) is 199 Å². The predicted molar refractivity (Wildman–Crippen MR) is 395 cm³/mol. The molecule has 6 amide bonds. The van der Waals surface area contributed by atoms with Crippen molar-refractivity contribution >= 4 is 53.9 Å². The Balaban J connectivity index is 8.18. The number of carbonyl (C=O) groups is 9. The average Bonchev–Trinajstić information content (AvgIpc) is 0.759. The van der Waals surface area contributed by atoms with Crippen LogP contribution >= 0.6 is 0 Å². The SMILES string of the molecule is CCCCCCCC/C=C\CCCCCCCCN(CCCCCCCC/C=C\CCCCCCCC)[C@@](CCC(N)=O)(C(=O)N[C@@H](CCC(=O)O)C(=O)O)C(=O)[C@H](CCCN(CCCNC(=O)OC(C)(C)C)C(=O)OC(C)(C)C)N(CCCNC(=O)OC(C)(C)C)C(=O)OC(C)(C)C. The van der Waals surface area contributed by atoms with Gasteiger partial charge in [-0.2, -0.15) is 0 Å². The van der Waals surface area contributed by atoms with Gasteiger partial charge in [0.05, 0.1) is 6.04 Å². The number of allylic oxidation sites excluding steroid dienone is 4. The summed E-state index contributed by atoms with van der Waals surface area (Å²) in [6.07, 6.45) is 33.0. The fourth-order valence-electron chi connectivity index (χ4n) is 11.5. The van der Waals surface area contributed by atoms with E-state index in [-0.39, 0.29) is 71.5 Å². The molecule has 22 nitrogen and oxygen atoms in total. The molecule has 0 saturated carbocycles. The number of aliphatic carboxylic acids is 2. The number of Topliss-reactive ketones (excluding diaryl/α,β-unsaturated/α-hetero) is 1. The lowest BCUT2D eigenvalue weighted by molar-refractivity contribution is -0.154. The second kappa shape index (κ2) is 53.0. The predicted octanol–water partition coefficient (Wildman–Crippen LogP) is 16.8. The number of unbranched alkanes of at least 4 members (excludes halogenated alkanes) is 24. The highest BCUT2D eigenvalue weighted by molar-refractivity contribution is 6.14. The molecule has 22 heteroatoms. The third-order valence-electron chi connectivity index (χ3n) is 16.6. The molecular formula is C77H141N7O15. The Bertz CT molecular complexity index is 2300. The second-order valence-corrected chi connectivity index (χ2v) is 30.7. The molecule has 0 aromatic carbocycles. The second-order valence-electron chi connectivity index (χ2n) is 30.7. The van der Waals surface area contributed by atoms with Crippen molar-refractivity contribution in [1.29, 1.82) is 0 Å². The number of nitrogens with two attached hydrogens (primary N) is 1. The molecule has 574 valence electrons. The zero-order valence-corrected chi connectivity index (χ0v) is 64.5. The summed E-state index contributed by atoms with van der Waals surface area (Å²) in [6, 6.07) is -3.42. The van der Waals surface area contributed by atoms with Gasteiger partial charge >= 0.3 is 36.3 Å². The van der Waals surface area contributed by atoms with Crippen molar-refractivity contribution < 1.29 is 72.3 Å². The van der Waals surface area contributed by atoms with Crippen molar-refractivity contribution in [3.05, 3.63) is 24.3 Å². The highest BCUT2D eigenvalue weighted by atomic mass is 16.6. The van der Waals surface area contributed by atoms with Gasteiger partial charge < -0.3 is 55.7 Å². The molecule has 7 N–H and O–H groups in total. The zero-order valence-electron chi connectivity index (χ0n) is 64.5. The van der Waals surface area contributed by atoms with Gasteiger partial charge in [-0.25, -0.2) is 24.0 Å². The molecule has 0 saturated heterocycles. The van der Waals surface area contributed by atoms with Gasteiger partial charge in [0.25, 0.3) is 0 Å². The highest BCUT2D eigenvalue weighted by Crippen LogP contribution is 2.32. The molecule has 0 spiro atoms. The standard InChI is InChI=1S/C77H141N7O15/c1-15-17-19-21-23-25-27-29-31-33-35-37-39-41-43-45-59-83(60-46-44-42-40-38-36-34-32-30-28-26-24-22-20-18-16-2)77(54-53-64(78)85,68(91)81-62(67(89)90)51-52-65(86)87)66(88)63(84(72(95)99-76(12,13)14)61-49-56-80-70(93)97-74(6,7)8)50-47-57-82(71(94)98-75(9,10)11)58-48-55-79-69(92)96-73(3,4)5/h29-32,62-63H,15-28,33-61H2,1-14H3,(H2,78,85)(H,79,92)(H,80,93)(H,81,91)(H,86,87)(H,89,90)/b31-29-,32-30-/t62-,63-,77+/m0/s1. The number of nitrogens with zero attached hydrogens (tertiary/aromatic N) is 3. The van der Waals surface area contributed by atoms with Crippen molar-refractivity contribution in [3.8, 4) is 0 Å². The number of hydrogen-bond donors (Lipinski definition) is 6. The summed E-state index contributed by atoms with van der Waals surface area (Å²) in [7, 11) is 0. The van der Waals surface area contributed by atoms with Crippen LogP contribution in [0.4, 0.5) is 19.2 Å². The lowest BCUT2D eigenvalue weighted by Crippen LogP contribution is -2.69. The number of nitrogens with one attached hydrogen (secondary N) is 3. The van der Waals surface area contributed by atoms with Crippen LogP contribution in [0.25, 0.3) is 0 Å². The third kappa shape index (κ3) is 49.3. The van der Waals surface area contributed by atoms with Crippen LogP contribution in [0.3, 0.4) is 0 Å². The maximum Gasteiger partial charge on any atom is 0.410 e. The first-order valence-corrected chi connectivity index (χ1v) is 38.1. The fourth-order valence-corrected chi connectivity index (χ4v) is 11.5. The van der Waals surface area contributed by atoms with Crippen molar-refractivity contribution in [1.82, 2.24) is 30.7 Å². The Labute approximate surface area is 598 Å². The molecule has 0 bridgehead atoms. The van der Waals surface area contributed by atoms with E-state index in [2.05, 4.69) is 54.1 Å². The molecular weight excluding hydrogens is 1260 g/mol. The number of rotatable bonds is 57. The molecule has 0 aromatic rings. The van der Waals surface area contributed by atoms with Crippen LogP contribution in [0, 0.1) is 0 Å². The smallest absolute Gasteiger partial charge is 0.410 e. The van der Waals surface area contributed by atoms with Crippen LogP contribution in [0.15, 0.2) is 24.3 Å². The largest absolute Gasteiger partial charge is 0.481 e. The van der Waals surface area contributed by atoms with Gasteiger partial charge in [0.2, 0.25) is 11.8 Å². The van der Waals surface area contributed by atoms with Crippen molar-refractivity contribution in [2.24, 2.45) is 5.73 Å². The Kier molecular flexibility index (Phi) is 49.8. The first kappa shape index (κ1) is 93.1. The van der Waals surface area contributed by atoms with Crippen LogP contribution in [-0.2, 0) is 42.9 Å². The number of carbonyl (C=O) groups excluding carboxylic acids is 7. The average molecular weight is 1410 g/mol. The minimum Gasteiger partial charge on any atom is -0.481 e. The number of carboxylic acids is 2. The van der Waals surface area contributed by atoms with E-state index in [0.717, 1.165) is 77.0 Å². The van der Waals surface area contributed by atoms with E-state index in [9.17, 15) is 39.0 Å². The van der Waals surface area contributed by atoms with E-state index in [0.29, 0.717) is 25.7 Å². The number of carboxylic acid groups (broad SMARTS) is 2. The summed E-state index contributed by atoms with van der Waals surface area (Å²) in [6.45, 7) is 25.0. The van der Waals surface area contributed by atoms with Crippen LogP contribution in [0.1, 0.15) is 328 Å². The number of ketones is 1. The summed E-state index contributed by atoms with van der Waals surface area (Å²) in [5, 5.41) is 28.5. The quantitative estimate of drug-likeness (QED) is 0.0143. The maximum atomic E-state index is 17.0. The maximum absolute atomic E-state index is 17.0. The lowest BCUT2D eigenvalue weighted by atomic mass is 9.79. The molecule has 99 heavy (non-hydrogen) atoms. The molecule has 0 aliphatic heterocycles. The topological polar surface area (TPSA) is 303 Å². The highest BCUT2D eigenvalue weighted by Gasteiger charge is 2.55. The summed E-state index contributed by atoms with van der Waals surface area (Å²) >= 11 is 0. The zero-order chi connectivity index (χ0) is 74.8. The molecule has 0 unspecified atom stereocenters. The van der Waals surface area contributed by atoms with Crippen LogP contribution in [0.2, 0.25) is 0 Å². The van der Waals surface area contributed by atoms with E-state index < -0.39 is 120 Å². The Morgan fingerprint density at radius 1 is 0.434 bits per heavy atom. The number of amides is 6. The molecule has 0 heterocycles. The van der Waals surface area contributed by atoms with Gasteiger partial charge in [-0.1, -0.05) is 154 Å². The van der Waals surface area contributed by atoms with Gasteiger partial charge in [0.15, 0.2) is 11.3 Å². The Morgan fingerprint density at radius 2 is 0.808 bits per heavy atom. The Morgan fingerprint density at radius 3 is 1.19 bits per heavy atom. The number of ether oxygens (including phenoxy) is 4. The van der Waals surface area contributed by atoms with E-state index in [4.69, 9.17) is 24.7 Å². The van der Waals surface area contributed by atoms with Gasteiger partial charge in [-0.3, -0.25) is 29.0 Å². The normalized spacial score (nSPS) is 13.4. The minimum atomic E-state index is -2.44. The molecule has 0 radical (unpaired) electrons. The summed E-state index contributed by atoms with van der Waals surface area (Å²) in [5.74, 6) is -5.72. The van der Waals surface area contributed by atoms with E-state index in [1.807, 2.05) is 0 Å². The van der Waals surface area contributed by atoms with Crippen molar-refractivity contribution in [2.75, 3.05) is 45.8 Å². The van der Waals surface area contributed by atoms with E-state index in [1.165, 1.54) is 86.8 Å². The van der Waals surface area contributed by atoms with Gasteiger partial charge in [-0.15, -0.1) is 0 Å². The number of alkyl carbamates (subject to hydrolysis) is 2. The molecule has 3 atom stereocenters. The fraction of sp³-hybridized carbons (Fsp3) is 0.831. The first-order valence-electron chi connectivity index (χ1n) is 38.1. The number of primary amides is 1. The number of hydrogen-bond acceptors (Lipinski definition) is 14. The molecule has 0 fully saturated rings. The van der Waals surface area contributed by atoms with Gasteiger partial charge in [0.1, 0.15) is 28.4 Å². The lowest BCUT2D eigenvalue weighted by Gasteiger charge is -2.45. The summed E-state index contributed by atoms with van der Waals surface area (Å²) in [5.41, 5.74) is -0.106. The minimum absolute atomic E-state index is 0.0156. The van der Waals surface area contributed by atoms with E-state index >= 15 is 14.4 Å². The Hall–Kier alpha value is -5.93. The monoisotopic (exact) mass is 1400 g/mol. The van der Waals surface area contributed by atoms with Crippen molar-refractivity contribution in [2.45, 2.75) is 368 Å². The molecule has 0 rings (SSSR count). The van der Waals surface area contributed by atoms with Crippen molar-refractivity contribution in [3.63, 3.8) is 0 Å². The van der Waals surface area contributed by atoms with Gasteiger partial charge in [0, 0.05) is 45.6 Å². The molecule has 0 aliphatic rings. The third-order valence-corrected chi connectivity index (χ3v) is 16.6. The van der Waals surface area contributed by atoms with Crippen LogP contribution in [0.5, 0.6) is 0 Å². The summed E-state index contributed by atoms with van der Waals surface area (Å²) < 4.78 is 22.9.